The molecule has 0 atom stereocenters. The Bertz CT molecular complexity index is 1050. The van der Waals surface area contributed by atoms with E-state index in [0.29, 0.717) is 27.7 Å². The molecule has 2 aromatic carbocycles. The average Bonchev–Trinajstić information content (AvgIpc) is 2.66. The molecule has 0 aliphatic rings. The molecule has 0 aliphatic carbocycles. The largest absolute Gasteiger partial charge is 0.504 e. The summed E-state index contributed by atoms with van der Waals surface area (Å²) >= 11 is 12.3. The monoisotopic (exact) mass is 405 g/mol. The predicted octanol–water partition coefficient (Wildman–Crippen LogP) is 4.17. The number of para-hydroxylation sites is 1. The molecule has 0 amide bonds. The Morgan fingerprint density at radius 3 is 2.74 bits per heavy atom. The smallest absolute Gasteiger partial charge is 0.292 e. The van der Waals surface area contributed by atoms with Crippen molar-refractivity contribution in [2.24, 2.45) is 0 Å². The van der Waals surface area contributed by atoms with E-state index in [0.717, 1.165) is 5.56 Å². The Hall–Kier alpha value is -2.70. The maximum atomic E-state index is 12.6. The fraction of sp³-hybridized carbons (Fsp3) is 0.158. The van der Waals surface area contributed by atoms with Crippen LogP contribution in [0.25, 0.3) is 5.69 Å². The van der Waals surface area contributed by atoms with Gasteiger partial charge in [-0.25, -0.2) is 0 Å². The summed E-state index contributed by atoms with van der Waals surface area (Å²) in [5.41, 5.74) is 1.90. The SMILES string of the molecule is COc1cccc(CNc2cnn(-c3ccc(C)c(Cl)c3)c(=O)c2Cl)c1O. The molecule has 2 N–H and O–H groups in total. The number of benzene rings is 2. The lowest BCUT2D eigenvalue weighted by atomic mass is 10.2. The summed E-state index contributed by atoms with van der Waals surface area (Å²) in [7, 11) is 1.48. The zero-order chi connectivity index (χ0) is 19.6. The van der Waals surface area contributed by atoms with Gasteiger partial charge in [-0.1, -0.05) is 41.4 Å². The van der Waals surface area contributed by atoms with E-state index in [4.69, 9.17) is 27.9 Å². The zero-order valence-electron chi connectivity index (χ0n) is 14.7. The topological polar surface area (TPSA) is 76.4 Å². The highest BCUT2D eigenvalue weighted by atomic mass is 35.5. The highest BCUT2D eigenvalue weighted by molar-refractivity contribution is 6.33. The highest BCUT2D eigenvalue weighted by Gasteiger charge is 2.13. The summed E-state index contributed by atoms with van der Waals surface area (Å²) < 4.78 is 6.27. The van der Waals surface area contributed by atoms with Crippen LogP contribution in [0.3, 0.4) is 0 Å². The van der Waals surface area contributed by atoms with Crippen molar-refractivity contribution in [3.63, 3.8) is 0 Å². The molecule has 1 heterocycles. The first kappa shape index (κ1) is 19.1. The average molecular weight is 406 g/mol. The van der Waals surface area contributed by atoms with E-state index in [1.54, 1.807) is 36.4 Å². The Morgan fingerprint density at radius 1 is 1.26 bits per heavy atom. The molecule has 0 spiro atoms. The van der Waals surface area contributed by atoms with Crippen LogP contribution in [0.2, 0.25) is 10.0 Å². The summed E-state index contributed by atoms with van der Waals surface area (Å²) in [5, 5.41) is 17.8. The molecule has 6 nitrogen and oxygen atoms in total. The maximum absolute atomic E-state index is 12.6. The van der Waals surface area contributed by atoms with Crippen molar-refractivity contribution in [1.29, 1.82) is 0 Å². The maximum Gasteiger partial charge on any atom is 0.292 e. The van der Waals surface area contributed by atoms with Gasteiger partial charge in [0.1, 0.15) is 5.02 Å². The van der Waals surface area contributed by atoms with Gasteiger partial charge >= 0.3 is 0 Å². The molecule has 0 radical (unpaired) electrons. The van der Waals surface area contributed by atoms with Crippen LogP contribution in [0.4, 0.5) is 5.69 Å². The number of phenols is 1. The van der Waals surface area contributed by atoms with Crippen LogP contribution in [-0.2, 0) is 6.54 Å². The van der Waals surface area contributed by atoms with Crippen LogP contribution in [0.15, 0.2) is 47.4 Å². The third-order valence-electron chi connectivity index (χ3n) is 4.09. The minimum Gasteiger partial charge on any atom is -0.504 e. The fourth-order valence-corrected chi connectivity index (χ4v) is 2.89. The molecule has 0 aliphatic heterocycles. The van der Waals surface area contributed by atoms with Crippen LogP contribution >= 0.6 is 23.2 Å². The molecule has 140 valence electrons. The van der Waals surface area contributed by atoms with Gasteiger partial charge in [0.15, 0.2) is 11.5 Å². The summed E-state index contributed by atoms with van der Waals surface area (Å²) in [4.78, 5) is 12.6. The molecule has 1 aromatic heterocycles. The lowest BCUT2D eigenvalue weighted by Crippen LogP contribution is -2.22. The van der Waals surface area contributed by atoms with Crippen molar-refractivity contribution in [1.82, 2.24) is 9.78 Å². The molecule has 3 aromatic rings. The standard InChI is InChI=1S/C19H17Cl2N3O3/c1-11-6-7-13(8-14(11)20)24-19(26)17(21)15(10-23-24)22-9-12-4-3-5-16(27-2)18(12)25/h3-8,10,22,25H,9H2,1-2H3. The van der Waals surface area contributed by atoms with Gasteiger partial charge in [0.05, 0.1) is 24.7 Å². The second-order valence-corrected chi connectivity index (χ2v) is 6.63. The van der Waals surface area contributed by atoms with Crippen molar-refractivity contribution >= 4 is 28.9 Å². The third-order valence-corrected chi connectivity index (χ3v) is 4.86. The van der Waals surface area contributed by atoms with Crippen molar-refractivity contribution in [3.8, 4) is 17.2 Å². The van der Waals surface area contributed by atoms with E-state index >= 15 is 0 Å². The summed E-state index contributed by atoms with van der Waals surface area (Å²) in [6.07, 6.45) is 1.45. The third kappa shape index (κ3) is 3.86. The van der Waals surface area contributed by atoms with Crippen molar-refractivity contribution in [3.05, 3.63) is 74.1 Å². The van der Waals surface area contributed by atoms with Gasteiger partial charge in [0.2, 0.25) is 0 Å². The summed E-state index contributed by atoms with van der Waals surface area (Å²) in [6, 6.07) is 10.4. The first-order valence-corrected chi connectivity index (χ1v) is 8.81. The lowest BCUT2D eigenvalue weighted by Gasteiger charge is -2.12. The quantitative estimate of drug-likeness (QED) is 0.665. The van der Waals surface area contributed by atoms with Gasteiger partial charge in [-0.05, 0) is 30.7 Å². The van der Waals surface area contributed by atoms with Crippen molar-refractivity contribution < 1.29 is 9.84 Å². The van der Waals surface area contributed by atoms with Crippen LogP contribution in [0, 0.1) is 6.92 Å². The Kier molecular flexibility index (Phi) is 5.58. The molecular formula is C19H17Cl2N3O3. The van der Waals surface area contributed by atoms with E-state index < -0.39 is 5.56 Å². The van der Waals surface area contributed by atoms with Gasteiger partial charge in [-0.2, -0.15) is 9.78 Å². The molecule has 8 heteroatoms. The van der Waals surface area contributed by atoms with Crippen molar-refractivity contribution in [2.45, 2.75) is 13.5 Å². The number of methoxy groups -OCH3 is 1. The van der Waals surface area contributed by atoms with E-state index in [2.05, 4.69) is 10.4 Å². The van der Waals surface area contributed by atoms with E-state index in [1.807, 2.05) is 6.92 Å². The number of ether oxygens (including phenoxy) is 1. The van der Waals surface area contributed by atoms with E-state index in [1.165, 1.54) is 18.0 Å². The van der Waals surface area contributed by atoms with Crippen LogP contribution in [0.5, 0.6) is 11.5 Å². The first-order valence-electron chi connectivity index (χ1n) is 8.05. The molecule has 0 unspecified atom stereocenters. The number of halogens is 2. The minimum atomic E-state index is -0.476. The van der Waals surface area contributed by atoms with Gasteiger partial charge in [0, 0.05) is 17.1 Å². The minimum absolute atomic E-state index is 0.0101. The molecule has 0 fully saturated rings. The van der Waals surface area contributed by atoms with E-state index in [9.17, 15) is 9.90 Å². The van der Waals surface area contributed by atoms with Gasteiger partial charge in [0.25, 0.3) is 5.56 Å². The highest BCUT2D eigenvalue weighted by Crippen LogP contribution is 2.30. The number of phenolic OH excluding ortho intramolecular Hbond substituents is 1. The number of aromatic hydroxyl groups is 1. The number of anilines is 1. The Morgan fingerprint density at radius 2 is 2.04 bits per heavy atom. The Balaban J connectivity index is 1.87. The Labute approximate surface area is 165 Å². The molecule has 0 saturated carbocycles. The predicted molar refractivity (Wildman–Crippen MR) is 107 cm³/mol. The number of aromatic nitrogens is 2. The van der Waals surface area contributed by atoms with Gasteiger partial charge in [-0.3, -0.25) is 4.79 Å². The van der Waals surface area contributed by atoms with Crippen LogP contribution in [-0.4, -0.2) is 22.0 Å². The number of hydrogen-bond acceptors (Lipinski definition) is 5. The first-order chi connectivity index (χ1) is 12.9. The number of aryl methyl sites for hydroxylation is 1. The van der Waals surface area contributed by atoms with Crippen molar-refractivity contribution in [2.75, 3.05) is 12.4 Å². The van der Waals surface area contributed by atoms with Gasteiger partial charge in [-0.15, -0.1) is 0 Å². The molecule has 3 rings (SSSR count). The molecule has 0 saturated heterocycles. The molecule has 0 bridgehead atoms. The normalized spacial score (nSPS) is 10.7. The lowest BCUT2D eigenvalue weighted by molar-refractivity contribution is 0.371. The van der Waals surface area contributed by atoms with E-state index in [-0.39, 0.29) is 17.3 Å². The summed E-state index contributed by atoms with van der Waals surface area (Å²) in [6.45, 7) is 2.11. The van der Waals surface area contributed by atoms with Crippen LogP contribution < -0.4 is 15.6 Å². The molecular weight excluding hydrogens is 389 g/mol. The fourth-order valence-electron chi connectivity index (χ4n) is 2.52. The number of nitrogens with zero attached hydrogens (tertiary/aromatic N) is 2. The molecule has 27 heavy (non-hydrogen) atoms. The second kappa shape index (κ2) is 7.90. The number of hydrogen-bond donors (Lipinski definition) is 2. The summed E-state index contributed by atoms with van der Waals surface area (Å²) in [5.74, 6) is 0.393. The number of rotatable bonds is 5. The number of nitrogens with one attached hydrogen (secondary N) is 1. The second-order valence-electron chi connectivity index (χ2n) is 5.84. The zero-order valence-corrected chi connectivity index (χ0v) is 16.2. The van der Waals surface area contributed by atoms with Crippen LogP contribution in [0.1, 0.15) is 11.1 Å². The van der Waals surface area contributed by atoms with Gasteiger partial charge < -0.3 is 15.2 Å².